The van der Waals surface area contributed by atoms with Crippen LogP contribution in [0.2, 0.25) is 0 Å². The van der Waals surface area contributed by atoms with E-state index in [0.717, 1.165) is 31.9 Å². The molecule has 0 spiro atoms. The summed E-state index contributed by atoms with van der Waals surface area (Å²) in [5.41, 5.74) is 0. The Morgan fingerprint density at radius 1 is 1.53 bits per heavy atom. The first-order chi connectivity index (χ1) is 8.72. The highest BCUT2D eigenvalue weighted by Gasteiger charge is 2.27. The van der Waals surface area contributed by atoms with E-state index < -0.39 is 0 Å². The molecule has 0 aromatic rings. The predicted octanol–water partition coefficient (Wildman–Crippen LogP) is 1.64. The minimum Gasteiger partial charge on any atom is -0.466 e. The molecular formula is C13H24IN3O2. The van der Waals surface area contributed by atoms with Crippen LogP contribution in [0.25, 0.3) is 0 Å². The summed E-state index contributed by atoms with van der Waals surface area (Å²) >= 11 is 0. The molecule has 0 aromatic heterocycles. The standard InChI is InChI=1S/C13H23N3O2.HI/c1-4-8-15-13(14-3)16-9-6-11(7-10-16)12(17)18-5-2;/h4,11H,1,5-10H2,2-3H3,(H,14,15);1H. The number of hydrogen-bond donors (Lipinski definition) is 1. The van der Waals surface area contributed by atoms with Gasteiger partial charge in [0, 0.05) is 26.7 Å². The number of nitrogens with one attached hydrogen (secondary N) is 1. The van der Waals surface area contributed by atoms with Crippen LogP contribution in [0.4, 0.5) is 0 Å². The molecule has 0 bridgehead atoms. The Kier molecular flexibility index (Phi) is 9.63. The van der Waals surface area contributed by atoms with Crippen molar-refractivity contribution < 1.29 is 9.53 Å². The van der Waals surface area contributed by atoms with E-state index in [2.05, 4.69) is 21.8 Å². The van der Waals surface area contributed by atoms with Gasteiger partial charge in [0.2, 0.25) is 0 Å². The van der Waals surface area contributed by atoms with Crippen molar-refractivity contribution in [2.24, 2.45) is 10.9 Å². The number of guanidine groups is 1. The molecule has 0 aromatic carbocycles. The number of aliphatic imine (C=N–C) groups is 1. The molecule has 19 heavy (non-hydrogen) atoms. The van der Waals surface area contributed by atoms with E-state index in [-0.39, 0.29) is 35.9 Å². The number of rotatable bonds is 4. The molecule has 5 nitrogen and oxygen atoms in total. The van der Waals surface area contributed by atoms with Crippen molar-refractivity contribution in [3.63, 3.8) is 0 Å². The number of nitrogens with zero attached hydrogens (tertiary/aromatic N) is 2. The zero-order valence-corrected chi connectivity index (χ0v) is 14.1. The number of carbonyl (C=O) groups excluding carboxylic acids is 1. The van der Waals surface area contributed by atoms with Crippen molar-refractivity contribution in [1.29, 1.82) is 0 Å². The Labute approximate surface area is 132 Å². The average molecular weight is 381 g/mol. The zero-order valence-electron chi connectivity index (χ0n) is 11.7. The smallest absolute Gasteiger partial charge is 0.309 e. The fourth-order valence-corrected chi connectivity index (χ4v) is 2.08. The van der Waals surface area contributed by atoms with Crippen LogP contribution in [-0.4, -0.2) is 50.1 Å². The highest BCUT2D eigenvalue weighted by Crippen LogP contribution is 2.18. The molecule has 1 heterocycles. The Morgan fingerprint density at radius 3 is 2.63 bits per heavy atom. The van der Waals surface area contributed by atoms with Crippen LogP contribution >= 0.6 is 24.0 Å². The highest BCUT2D eigenvalue weighted by atomic mass is 127. The molecule has 0 radical (unpaired) electrons. The summed E-state index contributed by atoms with van der Waals surface area (Å²) in [6, 6.07) is 0. The second-order valence-corrected chi connectivity index (χ2v) is 4.23. The molecule has 0 unspecified atom stereocenters. The summed E-state index contributed by atoms with van der Waals surface area (Å²) in [4.78, 5) is 18.0. The number of hydrogen-bond acceptors (Lipinski definition) is 3. The molecule has 1 saturated heterocycles. The average Bonchev–Trinajstić information content (AvgIpc) is 2.40. The SMILES string of the molecule is C=CCNC(=NC)N1CCC(C(=O)OCC)CC1.I. The topological polar surface area (TPSA) is 53.9 Å². The van der Waals surface area contributed by atoms with Crippen LogP contribution in [0.15, 0.2) is 17.6 Å². The minimum atomic E-state index is -0.0637. The highest BCUT2D eigenvalue weighted by molar-refractivity contribution is 14.0. The fraction of sp³-hybridized carbons (Fsp3) is 0.692. The minimum absolute atomic E-state index is 0. The molecule has 1 aliphatic heterocycles. The lowest BCUT2D eigenvalue weighted by molar-refractivity contribution is -0.149. The van der Waals surface area contributed by atoms with Crippen LogP contribution in [0.1, 0.15) is 19.8 Å². The summed E-state index contributed by atoms with van der Waals surface area (Å²) in [5, 5.41) is 3.20. The first-order valence-electron chi connectivity index (χ1n) is 6.46. The number of carbonyl (C=O) groups is 1. The second kappa shape index (κ2) is 10.1. The zero-order chi connectivity index (χ0) is 13.4. The van der Waals surface area contributed by atoms with Gasteiger partial charge >= 0.3 is 5.97 Å². The first kappa shape index (κ1) is 18.2. The maximum absolute atomic E-state index is 11.6. The van der Waals surface area contributed by atoms with Gasteiger partial charge in [0.05, 0.1) is 12.5 Å². The van der Waals surface area contributed by atoms with Crippen LogP contribution < -0.4 is 5.32 Å². The van der Waals surface area contributed by atoms with E-state index in [1.54, 1.807) is 13.1 Å². The third-order valence-corrected chi connectivity index (χ3v) is 3.03. The van der Waals surface area contributed by atoms with Gasteiger partial charge in [-0.3, -0.25) is 9.79 Å². The van der Waals surface area contributed by atoms with E-state index in [0.29, 0.717) is 13.2 Å². The van der Waals surface area contributed by atoms with Gasteiger partial charge < -0.3 is 15.0 Å². The van der Waals surface area contributed by atoms with Crippen molar-refractivity contribution in [2.45, 2.75) is 19.8 Å². The van der Waals surface area contributed by atoms with Crippen LogP contribution in [-0.2, 0) is 9.53 Å². The predicted molar refractivity (Wildman–Crippen MR) is 87.9 cm³/mol. The molecule has 1 fully saturated rings. The van der Waals surface area contributed by atoms with Gasteiger partial charge in [-0.1, -0.05) is 6.08 Å². The quantitative estimate of drug-likeness (QED) is 0.265. The van der Waals surface area contributed by atoms with Crippen molar-refractivity contribution in [3.8, 4) is 0 Å². The van der Waals surface area contributed by atoms with Crippen molar-refractivity contribution >= 4 is 35.9 Å². The van der Waals surface area contributed by atoms with Gasteiger partial charge in [0.1, 0.15) is 0 Å². The lowest BCUT2D eigenvalue weighted by atomic mass is 9.97. The lowest BCUT2D eigenvalue weighted by Crippen LogP contribution is -2.46. The van der Waals surface area contributed by atoms with E-state index in [9.17, 15) is 4.79 Å². The summed E-state index contributed by atoms with van der Waals surface area (Å²) in [5.74, 6) is 0.849. The number of esters is 1. The Balaban J connectivity index is 0.00000324. The molecule has 6 heteroatoms. The first-order valence-corrected chi connectivity index (χ1v) is 6.46. The van der Waals surface area contributed by atoms with Gasteiger partial charge in [-0.2, -0.15) is 0 Å². The Hall–Kier alpha value is -0.790. The van der Waals surface area contributed by atoms with E-state index in [1.165, 1.54) is 0 Å². The molecule has 1 aliphatic rings. The summed E-state index contributed by atoms with van der Waals surface area (Å²) < 4.78 is 5.05. The van der Waals surface area contributed by atoms with Gasteiger partial charge in [0.15, 0.2) is 5.96 Å². The number of halogens is 1. The largest absolute Gasteiger partial charge is 0.466 e. The van der Waals surface area contributed by atoms with Gasteiger partial charge in [-0.05, 0) is 19.8 Å². The summed E-state index contributed by atoms with van der Waals surface area (Å²) in [6.07, 6.45) is 3.46. The molecule has 1 rings (SSSR count). The molecule has 0 amide bonds. The fourth-order valence-electron chi connectivity index (χ4n) is 2.08. The third-order valence-electron chi connectivity index (χ3n) is 3.03. The van der Waals surface area contributed by atoms with E-state index >= 15 is 0 Å². The Morgan fingerprint density at radius 2 is 2.16 bits per heavy atom. The third kappa shape index (κ3) is 5.80. The number of ether oxygens (including phenoxy) is 1. The molecule has 0 atom stereocenters. The van der Waals surface area contributed by atoms with Crippen LogP contribution in [0.3, 0.4) is 0 Å². The number of piperidine rings is 1. The van der Waals surface area contributed by atoms with Crippen molar-refractivity contribution in [3.05, 3.63) is 12.7 Å². The second-order valence-electron chi connectivity index (χ2n) is 4.23. The summed E-state index contributed by atoms with van der Waals surface area (Å²) in [6.45, 7) is 8.34. The van der Waals surface area contributed by atoms with Crippen LogP contribution in [0.5, 0.6) is 0 Å². The van der Waals surface area contributed by atoms with Gasteiger partial charge in [-0.15, -0.1) is 30.6 Å². The van der Waals surface area contributed by atoms with Crippen molar-refractivity contribution in [1.82, 2.24) is 10.2 Å². The maximum atomic E-state index is 11.6. The molecule has 0 saturated carbocycles. The summed E-state index contributed by atoms with van der Waals surface area (Å²) in [7, 11) is 1.77. The van der Waals surface area contributed by atoms with E-state index in [4.69, 9.17) is 4.74 Å². The molecular weight excluding hydrogens is 357 g/mol. The number of likely N-dealkylation sites (tertiary alicyclic amines) is 1. The van der Waals surface area contributed by atoms with Gasteiger partial charge in [-0.25, -0.2) is 0 Å². The lowest BCUT2D eigenvalue weighted by Gasteiger charge is -2.33. The normalized spacial score (nSPS) is 16.5. The molecule has 1 N–H and O–H groups in total. The van der Waals surface area contributed by atoms with Crippen molar-refractivity contribution in [2.75, 3.05) is 33.3 Å². The Bertz CT molecular complexity index is 313. The van der Waals surface area contributed by atoms with Gasteiger partial charge in [0.25, 0.3) is 0 Å². The maximum Gasteiger partial charge on any atom is 0.309 e. The molecule has 110 valence electrons. The van der Waals surface area contributed by atoms with E-state index in [1.807, 2.05) is 6.92 Å². The van der Waals surface area contributed by atoms with Crippen LogP contribution in [0, 0.1) is 5.92 Å². The monoisotopic (exact) mass is 381 g/mol. The molecule has 0 aliphatic carbocycles.